The number of hydrogen-bond acceptors (Lipinski definition) is 5. The standard InChI is InChI=1S/C25H23F2N5O/c1-32-11-16-10-25(16,12-32)15-4-2-13(3-5-15)20-22(27)31-23(28)21(30-20)18-8-14-6-7-29-24(33)17(14)9-19(18)26/h2-5,8-9,16H,6-7,10-12H2,1H3,(H2,28,31)(H,29,33)/t16?,25-/m1/s1. The molecule has 2 fully saturated rings. The van der Waals surface area contributed by atoms with Crippen molar-refractivity contribution in [2.45, 2.75) is 18.3 Å². The van der Waals surface area contributed by atoms with E-state index in [4.69, 9.17) is 5.73 Å². The number of carbonyl (C=O) groups is 1. The first-order chi connectivity index (χ1) is 15.9. The summed E-state index contributed by atoms with van der Waals surface area (Å²) in [5.74, 6) is -1.28. The molecule has 3 heterocycles. The van der Waals surface area contributed by atoms with E-state index in [0.717, 1.165) is 13.1 Å². The van der Waals surface area contributed by atoms with E-state index in [1.165, 1.54) is 18.1 Å². The lowest BCUT2D eigenvalue weighted by molar-refractivity contribution is 0.0945. The van der Waals surface area contributed by atoms with E-state index in [2.05, 4.69) is 27.2 Å². The Kier molecular flexibility index (Phi) is 4.32. The van der Waals surface area contributed by atoms with Crippen LogP contribution in [0.3, 0.4) is 0 Å². The predicted molar refractivity (Wildman–Crippen MR) is 121 cm³/mol. The summed E-state index contributed by atoms with van der Waals surface area (Å²) in [7, 11) is 2.13. The SMILES string of the molecule is CN1CC2C[C@]2(c2ccc(-c3nc(-c4cc5c(cc4F)C(=O)NCC5)c(N)nc3F)cc2)C1. The van der Waals surface area contributed by atoms with Crippen LogP contribution in [0.1, 0.15) is 27.9 Å². The number of halogens is 2. The van der Waals surface area contributed by atoms with Gasteiger partial charge in [0, 0.05) is 41.7 Å². The molecule has 8 heteroatoms. The molecule has 1 aromatic heterocycles. The Hall–Kier alpha value is -3.39. The van der Waals surface area contributed by atoms with E-state index in [-0.39, 0.29) is 34.1 Å². The Labute approximate surface area is 189 Å². The van der Waals surface area contributed by atoms with E-state index in [9.17, 15) is 13.6 Å². The van der Waals surface area contributed by atoms with Gasteiger partial charge in [-0.1, -0.05) is 24.3 Å². The van der Waals surface area contributed by atoms with Gasteiger partial charge in [0.15, 0.2) is 5.82 Å². The number of piperidine rings is 1. The minimum atomic E-state index is -0.801. The molecule has 3 aliphatic rings. The fraction of sp³-hybridized carbons (Fsp3) is 0.320. The number of nitrogen functional groups attached to an aromatic ring is 1. The number of amides is 1. The molecule has 2 aromatic carbocycles. The van der Waals surface area contributed by atoms with Crippen molar-refractivity contribution in [1.82, 2.24) is 20.2 Å². The molecule has 1 saturated heterocycles. The average molecular weight is 447 g/mol. The Morgan fingerprint density at radius 1 is 1.12 bits per heavy atom. The highest BCUT2D eigenvalue weighted by Crippen LogP contribution is 2.58. The molecule has 0 radical (unpaired) electrons. The lowest BCUT2D eigenvalue weighted by Crippen LogP contribution is -2.32. The highest BCUT2D eigenvalue weighted by molar-refractivity contribution is 5.97. The van der Waals surface area contributed by atoms with Crippen molar-refractivity contribution < 1.29 is 13.6 Å². The Morgan fingerprint density at radius 3 is 2.64 bits per heavy atom. The number of anilines is 1. The van der Waals surface area contributed by atoms with E-state index in [0.29, 0.717) is 35.6 Å². The van der Waals surface area contributed by atoms with Gasteiger partial charge in [0.05, 0.1) is 0 Å². The quantitative estimate of drug-likeness (QED) is 0.645. The van der Waals surface area contributed by atoms with E-state index >= 15 is 0 Å². The molecule has 2 atom stereocenters. The normalized spacial score (nSPS) is 23.7. The van der Waals surface area contributed by atoms with Crippen LogP contribution in [-0.2, 0) is 11.8 Å². The largest absolute Gasteiger partial charge is 0.382 e. The molecule has 2 aliphatic heterocycles. The number of carbonyl (C=O) groups excluding carboxylic acids is 1. The summed E-state index contributed by atoms with van der Waals surface area (Å²) in [5, 5.41) is 2.70. The van der Waals surface area contributed by atoms with Gasteiger partial charge in [0.2, 0.25) is 5.95 Å². The maximum atomic E-state index is 15.0. The fourth-order valence-corrected chi connectivity index (χ4v) is 5.57. The Bertz CT molecular complexity index is 1310. The molecule has 6 nitrogen and oxygen atoms in total. The van der Waals surface area contributed by atoms with Crippen molar-refractivity contribution in [2.24, 2.45) is 5.92 Å². The zero-order chi connectivity index (χ0) is 22.9. The van der Waals surface area contributed by atoms with Crippen LogP contribution in [0.5, 0.6) is 0 Å². The molecule has 3 aromatic rings. The summed E-state index contributed by atoms with van der Waals surface area (Å²) in [4.78, 5) is 22.6. The fourth-order valence-electron chi connectivity index (χ4n) is 5.57. The molecule has 1 saturated carbocycles. The smallest absolute Gasteiger partial charge is 0.251 e. The van der Waals surface area contributed by atoms with Crippen molar-refractivity contribution in [3.63, 3.8) is 0 Å². The van der Waals surface area contributed by atoms with Crippen LogP contribution in [-0.4, -0.2) is 47.5 Å². The zero-order valence-electron chi connectivity index (χ0n) is 18.2. The van der Waals surface area contributed by atoms with Gasteiger partial charge in [-0.2, -0.15) is 9.37 Å². The Balaban J connectivity index is 1.39. The number of rotatable bonds is 3. The van der Waals surface area contributed by atoms with Crippen molar-refractivity contribution in [3.05, 3.63) is 64.9 Å². The molecule has 168 valence electrons. The molecule has 1 aliphatic carbocycles. The second-order valence-electron chi connectivity index (χ2n) is 9.42. The minimum absolute atomic E-state index is 0.0222. The van der Waals surface area contributed by atoms with Crippen molar-refractivity contribution in [3.8, 4) is 22.5 Å². The number of nitrogens with zero attached hydrogens (tertiary/aromatic N) is 3. The number of benzene rings is 2. The molecular formula is C25H23F2N5O. The van der Waals surface area contributed by atoms with E-state index in [1.807, 2.05) is 24.3 Å². The van der Waals surface area contributed by atoms with Gasteiger partial charge < -0.3 is 16.0 Å². The van der Waals surface area contributed by atoms with Crippen LogP contribution in [0.25, 0.3) is 22.5 Å². The number of nitrogens with one attached hydrogen (secondary N) is 1. The average Bonchev–Trinajstić information content (AvgIpc) is 3.36. The first-order valence-electron chi connectivity index (χ1n) is 11.1. The first kappa shape index (κ1) is 20.2. The summed E-state index contributed by atoms with van der Waals surface area (Å²) in [5.41, 5.74) is 9.17. The molecule has 0 bridgehead atoms. The second kappa shape index (κ2) is 7.05. The van der Waals surface area contributed by atoms with Crippen molar-refractivity contribution >= 4 is 11.7 Å². The topological polar surface area (TPSA) is 84.1 Å². The van der Waals surface area contributed by atoms with Gasteiger partial charge in [-0.05, 0) is 49.1 Å². The molecule has 0 spiro atoms. The summed E-state index contributed by atoms with van der Waals surface area (Å²) >= 11 is 0. The number of likely N-dealkylation sites (tertiary alicyclic amines) is 1. The van der Waals surface area contributed by atoms with Crippen LogP contribution in [0.4, 0.5) is 14.6 Å². The zero-order valence-corrected chi connectivity index (χ0v) is 18.2. The van der Waals surface area contributed by atoms with Crippen LogP contribution < -0.4 is 11.1 Å². The third-order valence-electron chi connectivity index (χ3n) is 7.30. The number of fused-ring (bicyclic) bond motifs is 2. The van der Waals surface area contributed by atoms with Gasteiger partial charge in [0.1, 0.15) is 17.2 Å². The van der Waals surface area contributed by atoms with Gasteiger partial charge in [0.25, 0.3) is 5.91 Å². The van der Waals surface area contributed by atoms with Crippen LogP contribution in [0.2, 0.25) is 0 Å². The lowest BCUT2D eigenvalue weighted by Gasteiger charge is -2.18. The monoisotopic (exact) mass is 447 g/mol. The van der Waals surface area contributed by atoms with Gasteiger partial charge in [-0.25, -0.2) is 9.37 Å². The van der Waals surface area contributed by atoms with Crippen LogP contribution in [0, 0.1) is 17.7 Å². The highest BCUT2D eigenvalue weighted by Gasteiger charge is 2.59. The number of nitrogens with two attached hydrogens (primary N) is 1. The molecule has 3 N–H and O–H groups in total. The molecule has 33 heavy (non-hydrogen) atoms. The summed E-state index contributed by atoms with van der Waals surface area (Å²) in [6.07, 6.45) is 1.75. The maximum absolute atomic E-state index is 15.0. The lowest BCUT2D eigenvalue weighted by atomic mass is 9.93. The molecule has 1 amide bonds. The van der Waals surface area contributed by atoms with Crippen LogP contribution >= 0.6 is 0 Å². The van der Waals surface area contributed by atoms with Crippen molar-refractivity contribution in [1.29, 1.82) is 0 Å². The van der Waals surface area contributed by atoms with Crippen LogP contribution in [0.15, 0.2) is 36.4 Å². The summed E-state index contributed by atoms with van der Waals surface area (Å²) in [6.45, 7) is 2.61. The van der Waals surface area contributed by atoms with Gasteiger partial charge in [-0.3, -0.25) is 4.79 Å². The highest BCUT2D eigenvalue weighted by atomic mass is 19.1. The summed E-state index contributed by atoms with van der Waals surface area (Å²) < 4.78 is 29.7. The minimum Gasteiger partial charge on any atom is -0.382 e. The van der Waals surface area contributed by atoms with Gasteiger partial charge in [-0.15, -0.1) is 0 Å². The second-order valence-corrected chi connectivity index (χ2v) is 9.42. The summed E-state index contributed by atoms with van der Waals surface area (Å²) in [6, 6.07) is 10.5. The third kappa shape index (κ3) is 3.12. The molecular weight excluding hydrogens is 424 g/mol. The van der Waals surface area contributed by atoms with E-state index < -0.39 is 11.8 Å². The third-order valence-corrected chi connectivity index (χ3v) is 7.30. The maximum Gasteiger partial charge on any atom is 0.251 e. The molecule has 1 unspecified atom stereocenters. The number of hydrogen-bond donors (Lipinski definition) is 2. The number of aromatic nitrogens is 2. The van der Waals surface area contributed by atoms with E-state index in [1.54, 1.807) is 6.07 Å². The van der Waals surface area contributed by atoms with Crippen molar-refractivity contribution in [2.75, 3.05) is 32.4 Å². The predicted octanol–water partition coefficient (Wildman–Crippen LogP) is 3.16. The Morgan fingerprint density at radius 2 is 1.91 bits per heavy atom. The first-order valence-corrected chi connectivity index (χ1v) is 11.1. The molecule has 6 rings (SSSR count). The van der Waals surface area contributed by atoms with Gasteiger partial charge >= 0.3 is 0 Å². The number of likely N-dealkylation sites (N-methyl/N-ethyl adjacent to an activating group) is 1.